The van der Waals surface area contributed by atoms with Gasteiger partial charge < -0.3 is 10.1 Å². The third-order valence-electron chi connectivity index (χ3n) is 3.85. The molecule has 1 saturated carbocycles. The molecule has 4 nitrogen and oxygen atoms in total. The third-order valence-corrected chi connectivity index (χ3v) is 4.18. The van der Waals surface area contributed by atoms with Gasteiger partial charge >= 0.3 is 12.1 Å². The molecule has 0 unspecified atom stereocenters. The Kier molecular flexibility index (Phi) is 6.10. The number of carbonyl (C=O) groups is 2. The molecule has 1 aliphatic rings. The minimum atomic E-state index is -4.54. The molecule has 1 aromatic rings. The summed E-state index contributed by atoms with van der Waals surface area (Å²) in [5.74, 6) is -1.39. The van der Waals surface area contributed by atoms with Gasteiger partial charge in [0.15, 0.2) is 6.61 Å². The smallest absolute Gasteiger partial charge is 0.416 e. The van der Waals surface area contributed by atoms with E-state index in [9.17, 15) is 22.8 Å². The van der Waals surface area contributed by atoms with E-state index >= 15 is 0 Å². The van der Waals surface area contributed by atoms with E-state index in [-0.39, 0.29) is 16.6 Å². The molecule has 132 valence electrons. The van der Waals surface area contributed by atoms with Crippen LogP contribution < -0.4 is 5.32 Å². The predicted octanol–water partition coefficient (Wildman–Crippen LogP) is 4.42. The van der Waals surface area contributed by atoms with E-state index in [0.717, 1.165) is 50.3 Å². The molecule has 1 aromatic carbocycles. The van der Waals surface area contributed by atoms with Crippen molar-refractivity contribution in [1.82, 2.24) is 0 Å². The zero-order chi connectivity index (χ0) is 17.7. The second-order valence-corrected chi connectivity index (χ2v) is 6.09. The van der Waals surface area contributed by atoms with Crippen LogP contribution >= 0.6 is 11.6 Å². The predicted molar refractivity (Wildman–Crippen MR) is 82.6 cm³/mol. The zero-order valence-corrected chi connectivity index (χ0v) is 13.5. The highest BCUT2D eigenvalue weighted by Gasteiger charge is 2.31. The van der Waals surface area contributed by atoms with Gasteiger partial charge in [-0.25, -0.2) is 0 Å². The lowest BCUT2D eigenvalue weighted by atomic mass is 9.89. The molecule has 1 aliphatic carbocycles. The first-order chi connectivity index (χ1) is 11.3. The van der Waals surface area contributed by atoms with Crippen LogP contribution in [0.3, 0.4) is 0 Å². The molecule has 0 heterocycles. The number of esters is 1. The molecule has 0 atom stereocenters. The molecule has 0 bridgehead atoms. The summed E-state index contributed by atoms with van der Waals surface area (Å²) in [6.45, 7) is -0.554. The number of anilines is 1. The average Bonchev–Trinajstić information content (AvgIpc) is 2.54. The molecule has 0 aliphatic heterocycles. The highest BCUT2D eigenvalue weighted by molar-refractivity contribution is 6.33. The van der Waals surface area contributed by atoms with Crippen molar-refractivity contribution < 1.29 is 27.5 Å². The molecule has 0 aromatic heterocycles. The van der Waals surface area contributed by atoms with Crippen LogP contribution in [0, 0.1) is 5.92 Å². The van der Waals surface area contributed by atoms with Crippen LogP contribution in [-0.4, -0.2) is 18.5 Å². The summed E-state index contributed by atoms with van der Waals surface area (Å²) in [7, 11) is 0. The number of nitrogens with one attached hydrogen (secondary N) is 1. The van der Waals surface area contributed by atoms with Gasteiger partial charge in [-0.2, -0.15) is 13.2 Å². The number of benzene rings is 1. The van der Waals surface area contributed by atoms with Gasteiger partial charge in [-0.3, -0.25) is 9.59 Å². The fraction of sp³-hybridized carbons (Fsp3) is 0.500. The van der Waals surface area contributed by atoms with Crippen molar-refractivity contribution in [2.45, 2.75) is 38.3 Å². The monoisotopic (exact) mass is 363 g/mol. The first kappa shape index (κ1) is 18.6. The summed E-state index contributed by atoms with van der Waals surface area (Å²) in [6, 6.07) is 2.61. The van der Waals surface area contributed by atoms with Crippen molar-refractivity contribution in [2.75, 3.05) is 11.9 Å². The van der Waals surface area contributed by atoms with E-state index in [0.29, 0.717) is 0 Å². The third kappa shape index (κ3) is 5.12. The van der Waals surface area contributed by atoms with Gasteiger partial charge in [0.05, 0.1) is 22.2 Å². The van der Waals surface area contributed by atoms with Gasteiger partial charge in [0.2, 0.25) is 0 Å². The number of rotatable bonds is 4. The second kappa shape index (κ2) is 7.88. The Morgan fingerprint density at radius 1 is 1.21 bits per heavy atom. The van der Waals surface area contributed by atoms with Crippen LogP contribution in [0.25, 0.3) is 0 Å². The summed E-state index contributed by atoms with van der Waals surface area (Å²) >= 11 is 5.79. The van der Waals surface area contributed by atoms with E-state index in [2.05, 4.69) is 5.32 Å². The minimum Gasteiger partial charge on any atom is -0.455 e. The van der Waals surface area contributed by atoms with Gasteiger partial charge in [0.25, 0.3) is 5.91 Å². The first-order valence-electron chi connectivity index (χ1n) is 7.60. The number of halogens is 4. The number of ether oxygens (including phenoxy) is 1. The van der Waals surface area contributed by atoms with Crippen LogP contribution in [0.5, 0.6) is 0 Å². The molecule has 0 saturated heterocycles. The minimum absolute atomic E-state index is 0.0324. The summed E-state index contributed by atoms with van der Waals surface area (Å²) in [5.41, 5.74) is -1.10. The summed E-state index contributed by atoms with van der Waals surface area (Å²) in [5, 5.41) is 2.20. The topological polar surface area (TPSA) is 55.4 Å². The molecule has 0 spiro atoms. The number of alkyl halides is 3. The van der Waals surface area contributed by atoms with E-state index in [1.807, 2.05) is 0 Å². The summed E-state index contributed by atoms with van der Waals surface area (Å²) in [6.07, 6.45) is -0.0900. The standard InChI is InChI=1S/C16H17ClF3NO3/c17-12-7-6-11(16(18,19)20)8-13(12)21-14(22)9-24-15(23)10-4-2-1-3-5-10/h6-8,10H,1-5,9H2,(H,21,22). The van der Waals surface area contributed by atoms with Crippen molar-refractivity contribution in [1.29, 1.82) is 0 Å². The highest BCUT2D eigenvalue weighted by Crippen LogP contribution is 2.33. The summed E-state index contributed by atoms with van der Waals surface area (Å²) in [4.78, 5) is 23.6. The molecule has 1 amide bonds. The Balaban J connectivity index is 1.91. The van der Waals surface area contributed by atoms with E-state index in [1.54, 1.807) is 0 Å². The molecular weight excluding hydrogens is 347 g/mol. The van der Waals surface area contributed by atoms with Crippen molar-refractivity contribution in [3.8, 4) is 0 Å². The normalized spacial score (nSPS) is 15.8. The first-order valence-corrected chi connectivity index (χ1v) is 7.98. The van der Waals surface area contributed by atoms with Crippen LogP contribution in [0.4, 0.5) is 18.9 Å². The molecule has 1 N–H and O–H groups in total. The van der Waals surface area contributed by atoms with Gasteiger partial charge in [-0.15, -0.1) is 0 Å². The maximum absolute atomic E-state index is 12.7. The Hall–Kier alpha value is -1.76. The van der Waals surface area contributed by atoms with Gasteiger partial charge in [-0.05, 0) is 31.0 Å². The van der Waals surface area contributed by atoms with Gasteiger partial charge in [0, 0.05) is 0 Å². The van der Waals surface area contributed by atoms with Crippen LogP contribution in [-0.2, 0) is 20.5 Å². The maximum atomic E-state index is 12.7. The Morgan fingerprint density at radius 3 is 2.50 bits per heavy atom. The second-order valence-electron chi connectivity index (χ2n) is 5.68. The van der Waals surface area contributed by atoms with Gasteiger partial charge in [0.1, 0.15) is 0 Å². The fourth-order valence-corrected chi connectivity index (χ4v) is 2.74. The zero-order valence-electron chi connectivity index (χ0n) is 12.8. The molecule has 24 heavy (non-hydrogen) atoms. The SMILES string of the molecule is O=C(COC(=O)C1CCCCC1)Nc1cc(C(F)(F)F)ccc1Cl. The van der Waals surface area contributed by atoms with Crippen LogP contribution in [0.2, 0.25) is 5.02 Å². The maximum Gasteiger partial charge on any atom is 0.416 e. The van der Waals surface area contributed by atoms with Crippen molar-refractivity contribution in [2.24, 2.45) is 5.92 Å². The van der Waals surface area contributed by atoms with Crippen molar-refractivity contribution >= 4 is 29.2 Å². The quantitative estimate of drug-likeness (QED) is 0.805. The van der Waals surface area contributed by atoms with Crippen LogP contribution in [0.15, 0.2) is 18.2 Å². The fourth-order valence-electron chi connectivity index (χ4n) is 2.58. The lowest BCUT2D eigenvalue weighted by Crippen LogP contribution is -2.26. The lowest BCUT2D eigenvalue weighted by molar-refractivity contribution is -0.152. The number of hydrogen-bond acceptors (Lipinski definition) is 3. The van der Waals surface area contributed by atoms with Crippen molar-refractivity contribution in [3.05, 3.63) is 28.8 Å². The Bertz CT molecular complexity index is 613. The lowest BCUT2D eigenvalue weighted by Gasteiger charge is -2.19. The largest absolute Gasteiger partial charge is 0.455 e. The van der Waals surface area contributed by atoms with Crippen LogP contribution in [0.1, 0.15) is 37.7 Å². The molecule has 8 heteroatoms. The molecule has 0 radical (unpaired) electrons. The molecular formula is C16H17ClF3NO3. The molecule has 2 rings (SSSR count). The van der Waals surface area contributed by atoms with E-state index in [1.165, 1.54) is 0 Å². The highest BCUT2D eigenvalue weighted by atomic mass is 35.5. The summed E-state index contributed by atoms with van der Waals surface area (Å²) < 4.78 is 43.0. The number of hydrogen-bond donors (Lipinski definition) is 1. The molecule has 1 fully saturated rings. The van der Waals surface area contributed by atoms with Crippen molar-refractivity contribution in [3.63, 3.8) is 0 Å². The van der Waals surface area contributed by atoms with E-state index in [4.69, 9.17) is 16.3 Å². The van der Waals surface area contributed by atoms with E-state index < -0.39 is 30.2 Å². The average molecular weight is 364 g/mol. The number of amides is 1. The Labute approximate surface area is 142 Å². The van der Waals surface area contributed by atoms with Gasteiger partial charge in [-0.1, -0.05) is 30.9 Å². The Morgan fingerprint density at radius 2 is 1.88 bits per heavy atom. The number of carbonyl (C=O) groups excluding carboxylic acids is 2.